The van der Waals surface area contributed by atoms with Crippen LogP contribution < -0.4 is 20.1 Å². The molecule has 1 aliphatic rings. The van der Waals surface area contributed by atoms with Crippen molar-refractivity contribution >= 4 is 5.91 Å². The van der Waals surface area contributed by atoms with Crippen molar-refractivity contribution in [3.63, 3.8) is 0 Å². The number of amides is 1. The monoisotopic (exact) mass is 352 g/mol. The third kappa shape index (κ3) is 5.24. The van der Waals surface area contributed by atoms with E-state index in [1.165, 1.54) is 6.07 Å². The van der Waals surface area contributed by atoms with E-state index in [1.54, 1.807) is 0 Å². The molecule has 0 radical (unpaired) electrons. The van der Waals surface area contributed by atoms with Gasteiger partial charge in [-0.3, -0.25) is 10.1 Å². The number of halogens is 4. The van der Waals surface area contributed by atoms with Crippen LogP contribution in [0, 0.1) is 0 Å². The van der Waals surface area contributed by atoms with Gasteiger partial charge in [-0.2, -0.15) is 17.6 Å². The van der Waals surface area contributed by atoms with Crippen LogP contribution in [0.15, 0.2) is 18.2 Å². The minimum Gasteiger partial charge on any atom is -0.431 e. The second-order valence-electron chi connectivity index (χ2n) is 5.07. The molecule has 2 atom stereocenters. The highest BCUT2D eigenvalue weighted by molar-refractivity contribution is 5.76. The quantitative estimate of drug-likeness (QED) is 0.515. The molecule has 2 rings (SSSR count). The molecule has 3 N–H and O–H groups in total. The number of aliphatic hydroxyl groups is 1. The number of benzene rings is 1. The van der Waals surface area contributed by atoms with Crippen molar-refractivity contribution in [3.8, 4) is 11.5 Å². The number of carbonyl (C=O) groups excluding carboxylic acids is 1. The number of alkyl halides is 4. The van der Waals surface area contributed by atoms with Crippen molar-refractivity contribution in [3.05, 3.63) is 23.8 Å². The summed E-state index contributed by atoms with van der Waals surface area (Å²) in [5.74, 6) is -1.27. The molecule has 1 aliphatic heterocycles. The number of hydrogen-bond acceptors (Lipinski definition) is 5. The molecule has 0 bridgehead atoms. The highest BCUT2D eigenvalue weighted by Crippen LogP contribution is 2.32. The van der Waals surface area contributed by atoms with E-state index in [0.29, 0.717) is 19.4 Å². The molecule has 0 spiro atoms. The fourth-order valence-corrected chi connectivity index (χ4v) is 2.27. The summed E-state index contributed by atoms with van der Waals surface area (Å²) in [6.45, 7) is -6.13. The largest absolute Gasteiger partial charge is 0.431 e. The molecule has 0 aromatic heterocycles. The van der Waals surface area contributed by atoms with Crippen molar-refractivity contribution in [2.45, 2.75) is 38.3 Å². The van der Waals surface area contributed by atoms with E-state index in [9.17, 15) is 27.5 Å². The first-order chi connectivity index (χ1) is 11.3. The summed E-state index contributed by atoms with van der Waals surface area (Å²) in [7, 11) is 0. The average molecular weight is 352 g/mol. The number of nitrogens with one attached hydrogen (secondary N) is 2. The normalized spacial score (nSPS) is 19.3. The Balaban J connectivity index is 2.09. The molecule has 10 heteroatoms. The molecule has 1 aromatic carbocycles. The third-order valence-corrected chi connectivity index (χ3v) is 3.37. The molecule has 0 saturated carbocycles. The first kappa shape index (κ1) is 18.3. The van der Waals surface area contributed by atoms with Gasteiger partial charge in [-0.05, 0) is 24.1 Å². The van der Waals surface area contributed by atoms with Crippen molar-refractivity contribution in [1.29, 1.82) is 0 Å². The standard InChI is InChI=1S/C14H16F4N2O4/c15-13(16)23-9-3-1-7(5-10(9)24-14(17)18)12(22)20-8-2-4-11(21)19-6-8/h1,3,5,8,12-14,20,22H,2,4,6H2,(H,19,21)/t8-,12?/m0/s1. The zero-order chi connectivity index (χ0) is 17.7. The number of ether oxygens (including phenoxy) is 2. The number of carbonyl (C=O) groups is 1. The Morgan fingerprint density at radius 2 is 1.83 bits per heavy atom. The van der Waals surface area contributed by atoms with Gasteiger partial charge in [-0.25, -0.2) is 0 Å². The minimum absolute atomic E-state index is 0.0938. The summed E-state index contributed by atoms with van der Waals surface area (Å²) in [6.07, 6.45) is -0.466. The van der Waals surface area contributed by atoms with Crippen LogP contribution in [0.5, 0.6) is 11.5 Å². The maximum atomic E-state index is 12.4. The van der Waals surface area contributed by atoms with Crippen LogP contribution in [0.25, 0.3) is 0 Å². The maximum absolute atomic E-state index is 12.4. The van der Waals surface area contributed by atoms with E-state index >= 15 is 0 Å². The zero-order valence-electron chi connectivity index (χ0n) is 12.3. The average Bonchev–Trinajstić information content (AvgIpc) is 2.50. The second kappa shape index (κ2) is 8.15. The van der Waals surface area contributed by atoms with E-state index in [4.69, 9.17) is 0 Å². The second-order valence-corrected chi connectivity index (χ2v) is 5.07. The Kier molecular flexibility index (Phi) is 6.21. The van der Waals surface area contributed by atoms with E-state index in [2.05, 4.69) is 20.1 Å². The molecule has 1 saturated heterocycles. The lowest BCUT2D eigenvalue weighted by Crippen LogP contribution is -2.46. The summed E-state index contributed by atoms with van der Waals surface area (Å²) in [6, 6.07) is 3.03. The van der Waals surface area contributed by atoms with Crippen LogP contribution in [0.2, 0.25) is 0 Å². The highest BCUT2D eigenvalue weighted by Gasteiger charge is 2.22. The predicted octanol–water partition coefficient (Wildman–Crippen LogP) is 1.75. The van der Waals surface area contributed by atoms with E-state index in [-0.39, 0.29) is 17.5 Å². The summed E-state index contributed by atoms with van der Waals surface area (Å²) in [5, 5.41) is 15.5. The van der Waals surface area contributed by atoms with Crippen molar-refractivity contribution < 1.29 is 36.9 Å². The van der Waals surface area contributed by atoms with Crippen molar-refractivity contribution in [2.75, 3.05) is 6.54 Å². The number of aliphatic hydroxyl groups excluding tert-OH is 1. The van der Waals surface area contributed by atoms with Gasteiger partial charge in [0.25, 0.3) is 0 Å². The molecular formula is C14H16F4N2O4. The highest BCUT2D eigenvalue weighted by atomic mass is 19.3. The molecule has 24 heavy (non-hydrogen) atoms. The lowest BCUT2D eigenvalue weighted by molar-refractivity contribution is -0.122. The van der Waals surface area contributed by atoms with Gasteiger partial charge in [0.2, 0.25) is 5.91 Å². The van der Waals surface area contributed by atoms with Crippen LogP contribution in [0.4, 0.5) is 17.6 Å². The van der Waals surface area contributed by atoms with Crippen molar-refractivity contribution in [2.24, 2.45) is 0 Å². The smallest absolute Gasteiger partial charge is 0.387 e. The lowest BCUT2D eigenvalue weighted by atomic mass is 10.1. The van der Waals surface area contributed by atoms with Gasteiger partial charge in [0.15, 0.2) is 11.5 Å². The predicted molar refractivity (Wildman–Crippen MR) is 73.8 cm³/mol. The molecule has 6 nitrogen and oxygen atoms in total. The Hall–Kier alpha value is -2.07. The van der Waals surface area contributed by atoms with Crippen LogP contribution in [-0.2, 0) is 4.79 Å². The van der Waals surface area contributed by atoms with E-state index in [0.717, 1.165) is 12.1 Å². The minimum atomic E-state index is -3.24. The van der Waals surface area contributed by atoms with E-state index in [1.807, 2.05) is 0 Å². The Morgan fingerprint density at radius 3 is 2.42 bits per heavy atom. The van der Waals surface area contributed by atoms with Gasteiger partial charge in [0.05, 0.1) is 0 Å². The first-order valence-electron chi connectivity index (χ1n) is 7.09. The SMILES string of the molecule is O=C1CC[C@H](NC(O)c2ccc(OC(F)F)c(OC(F)F)c2)CN1. The summed E-state index contributed by atoms with van der Waals surface area (Å²) < 4.78 is 57.6. The number of hydrogen-bond donors (Lipinski definition) is 3. The molecule has 134 valence electrons. The van der Waals surface area contributed by atoms with Gasteiger partial charge in [-0.1, -0.05) is 6.07 Å². The zero-order valence-corrected chi connectivity index (χ0v) is 12.3. The summed E-state index contributed by atoms with van der Waals surface area (Å²) >= 11 is 0. The van der Waals surface area contributed by atoms with Gasteiger partial charge in [0, 0.05) is 19.0 Å². The van der Waals surface area contributed by atoms with E-state index < -0.39 is 30.9 Å². The molecule has 1 fully saturated rings. The topological polar surface area (TPSA) is 79.8 Å². The van der Waals surface area contributed by atoms with Gasteiger partial charge in [0.1, 0.15) is 6.23 Å². The maximum Gasteiger partial charge on any atom is 0.387 e. The Bertz CT molecular complexity index is 564. The fraction of sp³-hybridized carbons (Fsp3) is 0.500. The van der Waals surface area contributed by atoms with Gasteiger partial charge in [-0.15, -0.1) is 0 Å². The Labute approximate surface area is 134 Å². The first-order valence-corrected chi connectivity index (χ1v) is 7.09. The fourth-order valence-electron chi connectivity index (χ4n) is 2.27. The lowest BCUT2D eigenvalue weighted by Gasteiger charge is -2.26. The Morgan fingerprint density at radius 1 is 1.17 bits per heavy atom. The number of rotatable bonds is 7. The van der Waals surface area contributed by atoms with Crippen molar-refractivity contribution in [1.82, 2.24) is 10.6 Å². The van der Waals surface area contributed by atoms with Crippen LogP contribution in [0.3, 0.4) is 0 Å². The molecule has 1 heterocycles. The van der Waals surface area contributed by atoms with Crippen LogP contribution >= 0.6 is 0 Å². The molecule has 0 aliphatic carbocycles. The van der Waals surface area contributed by atoms with Crippen LogP contribution in [-0.4, -0.2) is 36.8 Å². The molecule has 1 unspecified atom stereocenters. The number of piperidine rings is 1. The molecular weight excluding hydrogens is 336 g/mol. The summed E-state index contributed by atoms with van der Waals surface area (Å²) in [4.78, 5) is 11.1. The molecule has 1 amide bonds. The summed E-state index contributed by atoms with van der Waals surface area (Å²) in [5.41, 5.74) is 0.129. The van der Waals surface area contributed by atoms with Crippen LogP contribution in [0.1, 0.15) is 24.6 Å². The third-order valence-electron chi connectivity index (χ3n) is 3.37. The van der Waals surface area contributed by atoms with Gasteiger partial charge >= 0.3 is 13.2 Å². The van der Waals surface area contributed by atoms with Gasteiger partial charge < -0.3 is 19.9 Å². The molecule has 1 aromatic rings.